The molecule has 0 saturated carbocycles. The Kier molecular flexibility index (Phi) is 6.02. The van der Waals surface area contributed by atoms with Gasteiger partial charge in [0.15, 0.2) is 0 Å². The van der Waals surface area contributed by atoms with Crippen molar-refractivity contribution in [2.45, 2.75) is 36.3 Å². The van der Waals surface area contributed by atoms with E-state index in [1.54, 1.807) is 0 Å². The molecule has 196 valence electrons. The fourth-order valence-electron chi connectivity index (χ4n) is 4.45. The maximum absolute atomic E-state index is 14.8. The number of carbonyl (C=O) groups is 1. The normalized spacial score (nSPS) is 19.7. The smallest absolute Gasteiger partial charge is 0.314 e. The van der Waals surface area contributed by atoms with Crippen molar-refractivity contribution in [2.75, 3.05) is 13.1 Å². The molecule has 3 aromatic rings. The largest absolute Gasteiger partial charge is 0.415 e. The minimum atomic E-state index is -4.55. The van der Waals surface area contributed by atoms with E-state index >= 15 is 0 Å². The molecule has 15 heteroatoms. The Morgan fingerprint density at radius 3 is 2.57 bits per heavy atom. The van der Waals surface area contributed by atoms with E-state index < -0.39 is 82.1 Å². The molecule has 5 rings (SSSR count). The van der Waals surface area contributed by atoms with Crippen LogP contribution in [0.1, 0.15) is 34.7 Å². The molecule has 2 aliphatic heterocycles. The van der Waals surface area contributed by atoms with Gasteiger partial charge in [-0.2, -0.15) is 13.1 Å². The number of fused-ring (bicyclic) bond motifs is 1. The van der Waals surface area contributed by atoms with Crippen molar-refractivity contribution >= 4 is 15.9 Å². The lowest BCUT2D eigenvalue weighted by molar-refractivity contribution is 0.0164. The number of carbonyl (C=O) groups excluding carboxylic acids is 1. The van der Waals surface area contributed by atoms with E-state index in [0.717, 1.165) is 35.2 Å². The van der Waals surface area contributed by atoms with Crippen LogP contribution in [0.5, 0.6) is 0 Å². The van der Waals surface area contributed by atoms with Crippen molar-refractivity contribution in [1.82, 2.24) is 19.4 Å². The molecule has 3 heterocycles. The number of amides is 1. The molecule has 1 amide bonds. The summed E-state index contributed by atoms with van der Waals surface area (Å²) >= 11 is 0. The van der Waals surface area contributed by atoms with E-state index in [9.17, 15) is 39.6 Å². The maximum atomic E-state index is 14.8. The van der Waals surface area contributed by atoms with Crippen molar-refractivity contribution in [2.24, 2.45) is 0 Å². The molecule has 1 atom stereocenters. The first-order valence-electron chi connectivity index (χ1n) is 10.7. The van der Waals surface area contributed by atoms with Gasteiger partial charge in [-0.05, 0) is 30.3 Å². The van der Waals surface area contributed by atoms with E-state index in [2.05, 4.69) is 10.2 Å². The third-order valence-electron chi connectivity index (χ3n) is 6.10. The van der Waals surface area contributed by atoms with Crippen LogP contribution < -0.4 is 0 Å². The molecule has 0 aliphatic carbocycles. The summed E-state index contributed by atoms with van der Waals surface area (Å²) in [5.74, 6) is -7.43. The third kappa shape index (κ3) is 4.56. The Morgan fingerprint density at radius 2 is 1.89 bits per heavy atom. The van der Waals surface area contributed by atoms with Gasteiger partial charge in [0, 0.05) is 42.2 Å². The lowest BCUT2D eigenvalue weighted by atomic mass is 10.1. The Morgan fingerprint density at radius 1 is 1.14 bits per heavy atom. The van der Waals surface area contributed by atoms with E-state index in [1.165, 1.54) is 0 Å². The summed E-state index contributed by atoms with van der Waals surface area (Å²) in [7, 11) is -4.55. The van der Waals surface area contributed by atoms with Crippen molar-refractivity contribution in [1.29, 1.82) is 0 Å². The van der Waals surface area contributed by atoms with E-state index in [4.69, 9.17) is 4.42 Å². The zero-order valence-electron chi connectivity index (χ0n) is 18.5. The van der Waals surface area contributed by atoms with Gasteiger partial charge in [0.25, 0.3) is 17.7 Å². The first-order valence-corrected chi connectivity index (χ1v) is 12.2. The van der Waals surface area contributed by atoms with Gasteiger partial charge in [0.2, 0.25) is 15.9 Å². The minimum Gasteiger partial charge on any atom is -0.415 e. The summed E-state index contributed by atoms with van der Waals surface area (Å²) in [5.41, 5.74) is -0.420. The molecule has 2 aliphatic rings. The summed E-state index contributed by atoms with van der Waals surface area (Å²) in [6, 6.07) is 4.57. The van der Waals surface area contributed by atoms with Gasteiger partial charge in [-0.3, -0.25) is 4.79 Å². The summed E-state index contributed by atoms with van der Waals surface area (Å²) in [4.78, 5) is 13.5. The zero-order chi connectivity index (χ0) is 26.7. The highest BCUT2D eigenvalue weighted by atomic mass is 32.2. The fourth-order valence-corrected chi connectivity index (χ4v) is 6.13. The first kappa shape index (κ1) is 25.2. The number of benzene rings is 2. The Labute approximate surface area is 205 Å². The number of hydrogen-bond acceptors (Lipinski definition) is 6. The molecule has 8 nitrogen and oxygen atoms in total. The predicted molar refractivity (Wildman–Crippen MR) is 113 cm³/mol. The second kappa shape index (κ2) is 8.83. The minimum absolute atomic E-state index is 0.0911. The SMILES string of the molecule is O=C1c2cc(-c3nnc(C(F)F)o3)cc(F)c2CN1C[C@H]1CC(F)(F)CN1S(=O)(=O)c1cccc(F)c1. The van der Waals surface area contributed by atoms with Crippen LogP contribution in [0.4, 0.5) is 26.3 Å². The maximum Gasteiger partial charge on any atom is 0.314 e. The molecule has 37 heavy (non-hydrogen) atoms. The number of alkyl halides is 4. The van der Waals surface area contributed by atoms with Crippen molar-refractivity contribution in [3.05, 3.63) is 65.1 Å². The monoisotopic (exact) mass is 546 g/mol. The Balaban J connectivity index is 1.42. The van der Waals surface area contributed by atoms with Gasteiger partial charge in [0.05, 0.1) is 11.4 Å². The topological polar surface area (TPSA) is 96.6 Å². The van der Waals surface area contributed by atoms with Crippen LogP contribution >= 0.6 is 0 Å². The second-order valence-corrected chi connectivity index (χ2v) is 10.5. The Bertz CT molecular complexity index is 1500. The van der Waals surface area contributed by atoms with Crippen molar-refractivity contribution < 1.29 is 44.0 Å². The lowest BCUT2D eigenvalue weighted by Gasteiger charge is -2.27. The van der Waals surface area contributed by atoms with Crippen LogP contribution in [0.15, 0.2) is 45.7 Å². The summed E-state index contributed by atoms with van der Waals surface area (Å²) in [6.07, 6.45) is -3.97. The zero-order valence-corrected chi connectivity index (χ0v) is 19.4. The van der Waals surface area contributed by atoms with Crippen LogP contribution in [-0.4, -0.2) is 58.8 Å². The molecule has 1 aromatic heterocycles. The van der Waals surface area contributed by atoms with Gasteiger partial charge in [-0.1, -0.05) is 6.07 Å². The molecular weight excluding hydrogens is 530 g/mol. The molecule has 0 spiro atoms. The molecule has 0 unspecified atom stereocenters. The van der Waals surface area contributed by atoms with Gasteiger partial charge >= 0.3 is 6.43 Å². The average molecular weight is 546 g/mol. The highest BCUT2D eigenvalue weighted by Gasteiger charge is 2.51. The lowest BCUT2D eigenvalue weighted by Crippen LogP contribution is -2.43. The molecule has 0 bridgehead atoms. The quantitative estimate of drug-likeness (QED) is 0.434. The van der Waals surface area contributed by atoms with Crippen LogP contribution in [0.3, 0.4) is 0 Å². The van der Waals surface area contributed by atoms with Gasteiger partial charge in [0.1, 0.15) is 11.6 Å². The summed E-state index contributed by atoms with van der Waals surface area (Å²) in [5, 5.41) is 6.57. The fraction of sp³-hybridized carbons (Fsp3) is 0.318. The molecule has 1 fully saturated rings. The number of nitrogens with zero attached hydrogens (tertiary/aromatic N) is 4. The number of aromatic nitrogens is 2. The molecule has 1 saturated heterocycles. The first-order chi connectivity index (χ1) is 17.4. The van der Waals surface area contributed by atoms with Crippen molar-refractivity contribution in [3.8, 4) is 11.5 Å². The van der Waals surface area contributed by atoms with E-state index in [1.807, 2.05) is 0 Å². The molecular formula is C22H16F6N4O4S. The number of hydrogen-bond donors (Lipinski definition) is 0. The molecule has 2 aromatic carbocycles. The molecule has 0 radical (unpaired) electrons. The van der Waals surface area contributed by atoms with Crippen molar-refractivity contribution in [3.63, 3.8) is 0 Å². The van der Waals surface area contributed by atoms with E-state index in [0.29, 0.717) is 10.4 Å². The standard InChI is InChI=1S/C22H16F6N4O4S/c23-12-2-1-3-14(6-12)37(34,35)32-10-22(27,28)7-13(32)8-31-9-16-15(21(31)33)4-11(5-17(16)24)19-29-30-20(36-19)18(25)26/h1-6,13,18H,7-10H2/t13-/m1/s1. The summed E-state index contributed by atoms with van der Waals surface area (Å²) < 4.78 is 114. The highest BCUT2D eigenvalue weighted by molar-refractivity contribution is 7.89. The second-order valence-electron chi connectivity index (χ2n) is 8.64. The van der Waals surface area contributed by atoms with Crippen LogP contribution in [-0.2, 0) is 16.6 Å². The van der Waals surface area contributed by atoms with Gasteiger partial charge in [-0.25, -0.2) is 26.0 Å². The average Bonchev–Trinajstić information content (AvgIpc) is 3.51. The van der Waals surface area contributed by atoms with Crippen LogP contribution in [0.25, 0.3) is 11.5 Å². The van der Waals surface area contributed by atoms with Crippen LogP contribution in [0.2, 0.25) is 0 Å². The van der Waals surface area contributed by atoms with Crippen LogP contribution in [0, 0.1) is 11.6 Å². The number of sulfonamides is 1. The Hall–Kier alpha value is -3.46. The highest BCUT2D eigenvalue weighted by Crippen LogP contribution is 2.38. The van der Waals surface area contributed by atoms with E-state index in [-0.39, 0.29) is 23.2 Å². The van der Waals surface area contributed by atoms with Gasteiger partial charge < -0.3 is 9.32 Å². The van der Waals surface area contributed by atoms with Gasteiger partial charge in [-0.15, -0.1) is 10.2 Å². The predicted octanol–water partition coefficient (Wildman–Crippen LogP) is 4.01. The summed E-state index contributed by atoms with van der Waals surface area (Å²) in [6.45, 7) is -2.02. The third-order valence-corrected chi connectivity index (χ3v) is 7.99. The molecule has 0 N–H and O–H groups in total. The number of halogens is 6. The number of rotatable bonds is 6.